The van der Waals surface area contributed by atoms with E-state index in [0.717, 1.165) is 6.07 Å². The summed E-state index contributed by atoms with van der Waals surface area (Å²) in [6.45, 7) is 2.57. The van der Waals surface area contributed by atoms with Crippen molar-refractivity contribution in [3.63, 3.8) is 0 Å². The van der Waals surface area contributed by atoms with Crippen LogP contribution in [0.4, 0.5) is 11.4 Å². The number of hydrogen-bond acceptors (Lipinski definition) is 4. The lowest BCUT2D eigenvalue weighted by Crippen LogP contribution is -2.09. The van der Waals surface area contributed by atoms with Crippen molar-refractivity contribution in [2.45, 2.75) is 13.8 Å². The Balaban J connectivity index is 3.41. The molecular weight excluding hydrogens is 228 g/mol. The number of carbonyl (C=O) groups is 2. The van der Waals surface area contributed by atoms with Crippen LogP contribution in [0.2, 0.25) is 0 Å². The van der Waals surface area contributed by atoms with Crippen molar-refractivity contribution in [2.75, 3.05) is 5.32 Å². The van der Waals surface area contributed by atoms with Crippen LogP contribution in [-0.2, 0) is 4.79 Å². The van der Waals surface area contributed by atoms with E-state index in [4.69, 9.17) is 5.11 Å². The van der Waals surface area contributed by atoms with Gasteiger partial charge in [-0.2, -0.15) is 0 Å². The van der Waals surface area contributed by atoms with E-state index in [1.807, 2.05) is 0 Å². The average Bonchev–Trinajstić information content (AvgIpc) is 2.18. The van der Waals surface area contributed by atoms with Gasteiger partial charge in [-0.05, 0) is 13.0 Å². The van der Waals surface area contributed by atoms with Crippen molar-refractivity contribution in [1.29, 1.82) is 0 Å². The second-order valence-electron chi connectivity index (χ2n) is 3.41. The number of carboxylic acids is 1. The zero-order valence-electron chi connectivity index (χ0n) is 9.18. The Bertz CT molecular complexity index is 474. The molecule has 2 N–H and O–H groups in total. The lowest BCUT2D eigenvalue weighted by atomic mass is 10.1. The SMILES string of the molecule is CC(=O)Nc1cc(C(=O)O)c(C)c([N+](=O)[O-])c1. The Morgan fingerprint density at radius 1 is 1.41 bits per heavy atom. The van der Waals surface area contributed by atoms with E-state index in [-0.39, 0.29) is 22.5 Å². The van der Waals surface area contributed by atoms with Gasteiger partial charge in [0.1, 0.15) is 0 Å². The number of nitrogens with one attached hydrogen (secondary N) is 1. The molecule has 1 amide bonds. The van der Waals surface area contributed by atoms with Crippen molar-refractivity contribution >= 4 is 23.3 Å². The van der Waals surface area contributed by atoms with Crippen LogP contribution in [-0.4, -0.2) is 21.9 Å². The third-order valence-corrected chi connectivity index (χ3v) is 2.13. The molecule has 0 aliphatic heterocycles. The highest BCUT2D eigenvalue weighted by atomic mass is 16.6. The minimum absolute atomic E-state index is 0.0524. The number of carboxylic acid groups (broad SMARTS) is 1. The number of nitrogens with zero attached hydrogens (tertiary/aromatic N) is 1. The normalized spacial score (nSPS) is 9.76. The van der Waals surface area contributed by atoms with Gasteiger partial charge < -0.3 is 10.4 Å². The molecule has 1 rings (SSSR count). The van der Waals surface area contributed by atoms with Crippen molar-refractivity contribution in [3.05, 3.63) is 33.4 Å². The van der Waals surface area contributed by atoms with Gasteiger partial charge in [-0.3, -0.25) is 14.9 Å². The van der Waals surface area contributed by atoms with Crippen LogP contribution >= 0.6 is 0 Å². The molecule has 0 aromatic heterocycles. The third-order valence-electron chi connectivity index (χ3n) is 2.13. The molecule has 0 bridgehead atoms. The van der Waals surface area contributed by atoms with E-state index in [1.54, 1.807) is 0 Å². The first kappa shape index (κ1) is 12.6. The standard InChI is InChI=1S/C10H10N2O5/c1-5-8(10(14)15)3-7(11-6(2)13)4-9(5)12(16)17/h3-4H,1-2H3,(H,11,13)(H,14,15). The van der Waals surface area contributed by atoms with Gasteiger partial charge in [-0.25, -0.2) is 4.79 Å². The maximum Gasteiger partial charge on any atom is 0.336 e. The van der Waals surface area contributed by atoms with E-state index in [1.165, 1.54) is 19.9 Å². The van der Waals surface area contributed by atoms with Gasteiger partial charge in [0, 0.05) is 24.2 Å². The molecule has 0 radical (unpaired) electrons. The van der Waals surface area contributed by atoms with E-state index in [2.05, 4.69) is 5.32 Å². The largest absolute Gasteiger partial charge is 0.478 e. The summed E-state index contributed by atoms with van der Waals surface area (Å²) in [5.74, 6) is -1.71. The monoisotopic (exact) mass is 238 g/mol. The molecule has 0 aliphatic rings. The van der Waals surface area contributed by atoms with Gasteiger partial charge >= 0.3 is 5.97 Å². The van der Waals surface area contributed by atoms with Gasteiger partial charge in [0.05, 0.1) is 10.5 Å². The number of nitro groups is 1. The summed E-state index contributed by atoms with van der Waals surface area (Å²) in [7, 11) is 0. The molecule has 0 saturated carbocycles. The quantitative estimate of drug-likeness (QED) is 0.613. The first-order valence-corrected chi connectivity index (χ1v) is 4.63. The number of anilines is 1. The van der Waals surface area contributed by atoms with Crippen LogP contribution in [0.5, 0.6) is 0 Å². The molecule has 0 unspecified atom stereocenters. The first-order chi connectivity index (χ1) is 7.82. The summed E-state index contributed by atoms with van der Waals surface area (Å²) in [5, 5.41) is 21.9. The molecule has 0 fully saturated rings. The van der Waals surface area contributed by atoms with Crippen molar-refractivity contribution < 1.29 is 19.6 Å². The molecule has 7 heteroatoms. The second-order valence-corrected chi connectivity index (χ2v) is 3.41. The molecule has 0 saturated heterocycles. The second kappa shape index (κ2) is 4.60. The zero-order chi connectivity index (χ0) is 13.2. The minimum Gasteiger partial charge on any atom is -0.478 e. The van der Waals surface area contributed by atoms with Crippen molar-refractivity contribution in [1.82, 2.24) is 0 Å². The molecule has 0 heterocycles. The average molecular weight is 238 g/mol. The number of hydrogen-bond donors (Lipinski definition) is 2. The Morgan fingerprint density at radius 2 is 2.00 bits per heavy atom. The van der Waals surface area contributed by atoms with E-state index in [0.29, 0.717) is 0 Å². The van der Waals surface area contributed by atoms with Crippen LogP contribution in [0.1, 0.15) is 22.8 Å². The topological polar surface area (TPSA) is 110 Å². The maximum atomic E-state index is 10.9. The van der Waals surface area contributed by atoms with Gasteiger partial charge in [-0.1, -0.05) is 0 Å². The van der Waals surface area contributed by atoms with Gasteiger partial charge in [-0.15, -0.1) is 0 Å². The molecule has 1 aromatic rings. The summed E-state index contributed by atoms with van der Waals surface area (Å²) in [4.78, 5) is 31.8. The zero-order valence-corrected chi connectivity index (χ0v) is 9.18. The Labute approximate surface area is 96.2 Å². The number of aromatic carboxylic acids is 1. The van der Waals surface area contributed by atoms with Crippen LogP contribution in [0.3, 0.4) is 0 Å². The predicted octanol–water partition coefficient (Wildman–Crippen LogP) is 1.56. The Morgan fingerprint density at radius 3 is 2.41 bits per heavy atom. The summed E-state index contributed by atoms with van der Waals surface area (Å²) >= 11 is 0. The van der Waals surface area contributed by atoms with Crippen LogP contribution in [0.25, 0.3) is 0 Å². The highest BCUT2D eigenvalue weighted by Gasteiger charge is 2.20. The van der Waals surface area contributed by atoms with Crippen molar-refractivity contribution in [2.24, 2.45) is 0 Å². The molecule has 90 valence electrons. The Hall–Kier alpha value is -2.44. The third kappa shape index (κ3) is 2.77. The predicted molar refractivity (Wildman–Crippen MR) is 59.1 cm³/mol. The van der Waals surface area contributed by atoms with E-state index in [9.17, 15) is 19.7 Å². The first-order valence-electron chi connectivity index (χ1n) is 4.63. The smallest absolute Gasteiger partial charge is 0.336 e. The van der Waals surface area contributed by atoms with Crippen LogP contribution < -0.4 is 5.32 Å². The molecule has 0 aliphatic carbocycles. The molecule has 1 aromatic carbocycles. The van der Waals surface area contributed by atoms with E-state index >= 15 is 0 Å². The fraction of sp³-hybridized carbons (Fsp3) is 0.200. The van der Waals surface area contributed by atoms with Crippen LogP contribution in [0.15, 0.2) is 12.1 Å². The number of nitro benzene ring substituents is 1. The summed E-state index contributed by atoms with van der Waals surface area (Å²) in [5.41, 5.74) is -0.402. The summed E-state index contributed by atoms with van der Waals surface area (Å²) in [6, 6.07) is 2.31. The molecule has 0 spiro atoms. The van der Waals surface area contributed by atoms with Gasteiger partial charge in [0.2, 0.25) is 5.91 Å². The molecule has 0 atom stereocenters. The summed E-state index contributed by atoms with van der Waals surface area (Å²) < 4.78 is 0. The molecule has 17 heavy (non-hydrogen) atoms. The van der Waals surface area contributed by atoms with Gasteiger partial charge in [0.25, 0.3) is 5.69 Å². The number of amides is 1. The van der Waals surface area contributed by atoms with E-state index < -0.39 is 16.8 Å². The summed E-state index contributed by atoms with van der Waals surface area (Å²) in [6.07, 6.45) is 0. The fourth-order valence-electron chi connectivity index (χ4n) is 1.39. The fourth-order valence-corrected chi connectivity index (χ4v) is 1.39. The lowest BCUT2D eigenvalue weighted by molar-refractivity contribution is -0.385. The number of benzene rings is 1. The molecule has 7 nitrogen and oxygen atoms in total. The lowest BCUT2D eigenvalue weighted by Gasteiger charge is -2.07. The minimum atomic E-state index is -1.28. The highest BCUT2D eigenvalue weighted by Crippen LogP contribution is 2.26. The number of carbonyl (C=O) groups excluding carboxylic acids is 1. The molecular formula is C10H10N2O5. The van der Waals surface area contributed by atoms with Crippen molar-refractivity contribution in [3.8, 4) is 0 Å². The van der Waals surface area contributed by atoms with Crippen LogP contribution in [0, 0.1) is 17.0 Å². The number of rotatable bonds is 3. The Kier molecular flexibility index (Phi) is 3.42. The van der Waals surface area contributed by atoms with Gasteiger partial charge in [0.15, 0.2) is 0 Å². The highest BCUT2D eigenvalue weighted by molar-refractivity contribution is 5.95. The maximum absolute atomic E-state index is 10.9.